The molecule has 2 atom stereocenters. The van der Waals surface area contributed by atoms with Gasteiger partial charge in [-0.2, -0.15) is 0 Å². The summed E-state index contributed by atoms with van der Waals surface area (Å²) in [5.74, 6) is 0. The first-order chi connectivity index (χ1) is 7.90. The lowest BCUT2D eigenvalue weighted by molar-refractivity contribution is 0.140. The molecule has 2 unspecified atom stereocenters. The summed E-state index contributed by atoms with van der Waals surface area (Å²) in [6, 6.07) is 1.73. The fourth-order valence-corrected chi connectivity index (χ4v) is 3.36. The Morgan fingerprint density at radius 2 is 2.12 bits per heavy atom. The van der Waals surface area contributed by atoms with E-state index in [2.05, 4.69) is 17.1 Å². The van der Waals surface area contributed by atoms with Gasteiger partial charge in [0.05, 0.1) is 0 Å². The molecule has 0 aromatic heterocycles. The Morgan fingerprint density at radius 1 is 1.19 bits per heavy atom. The number of hydrogen-bond acceptors (Lipinski definition) is 2. The summed E-state index contributed by atoms with van der Waals surface area (Å²) in [7, 11) is 0. The fourth-order valence-electron chi connectivity index (χ4n) is 3.36. The average molecular weight is 224 g/mol. The predicted molar refractivity (Wildman–Crippen MR) is 69.8 cm³/mol. The number of hydrogen-bond donors (Lipinski definition) is 1. The fraction of sp³-hybridized carbons (Fsp3) is 1.00. The maximum absolute atomic E-state index is 3.60. The Labute approximate surface area is 101 Å². The molecule has 2 rings (SSSR count). The molecule has 94 valence electrons. The van der Waals surface area contributed by atoms with Crippen LogP contribution in [0.3, 0.4) is 0 Å². The van der Waals surface area contributed by atoms with E-state index in [1.165, 1.54) is 71.0 Å². The second kappa shape index (κ2) is 6.61. The van der Waals surface area contributed by atoms with Crippen LogP contribution in [0, 0.1) is 0 Å². The molecule has 2 aliphatic rings. The summed E-state index contributed by atoms with van der Waals surface area (Å²) < 4.78 is 0. The Hall–Kier alpha value is -0.0800. The summed E-state index contributed by atoms with van der Waals surface area (Å²) in [5, 5.41) is 3.60. The van der Waals surface area contributed by atoms with Gasteiger partial charge in [0.15, 0.2) is 0 Å². The van der Waals surface area contributed by atoms with Gasteiger partial charge in [0.1, 0.15) is 0 Å². The first-order valence-corrected chi connectivity index (χ1v) is 7.37. The molecule has 0 aromatic rings. The number of likely N-dealkylation sites (tertiary alicyclic amines) is 1. The zero-order valence-electron chi connectivity index (χ0n) is 10.9. The monoisotopic (exact) mass is 224 g/mol. The molecule has 0 spiro atoms. The van der Waals surface area contributed by atoms with Crippen molar-refractivity contribution in [3.05, 3.63) is 0 Å². The molecule has 16 heavy (non-hydrogen) atoms. The molecule has 0 amide bonds. The molecule has 2 heterocycles. The lowest BCUT2D eigenvalue weighted by Crippen LogP contribution is -2.40. The third kappa shape index (κ3) is 3.46. The van der Waals surface area contributed by atoms with Crippen LogP contribution in [-0.2, 0) is 0 Å². The minimum atomic E-state index is 0.838. The van der Waals surface area contributed by atoms with Gasteiger partial charge in [-0.25, -0.2) is 0 Å². The lowest BCUT2D eigenvalue weighted by Gasteiger charge is -2.35. The summed E-state index contributed by atoms with van der Waals surface area (Å²) in [4.78, 5) is 2.75. The zero-order valence-corrected chi connectivity index (χ0v) is 10.9. The Balaban J connectivity index is 1.63. The molecule has 0 bridgehead atoms. The minimum Gasteiger partial charge on any atom is -0.314 e. The lowest BCUT2D eigenvalue weighted by atomic mass is 9.99. The molecule has 2 fully saturated rings. The highest BCUT2D eigenvalue weighted by Crippen LogP contribution is 2.20. The molecule has 2 aliphatic heterocycles. The van der Waals surface area contributed by atoms with Crippen molar-refractivity contribution < 1.29 is 0 Å². The van der Waals surface area contributed by atoms with E-state index >= 15 is 0 Å². The van der Waals surface area contributed by atoms with Crippen LogP contribution in [0.1, 0.15) is 58.3 Å². The van der Waals surface area contributed by atoms with Gasteiger partial charge in [0, 0.05) is 12.1 Å². The number of nitrogens with one attached hydrogen (secondary N) is 1. The number of nitrogens with zero attached hydrogens (tertiary/aromatic N) is 1. The smallest absolute Gasteiger partial charge is 0.00926 e. The van der Waals surface area contributed by atoms with Crippen LogP contribution in [0.25, 0.3) is 0 Å². The third-order valence-electron chi connectivity index (χ3n) is 4.38. The van der Waals surface area contributed by atoms with Gasteiger partial charge in [-0.3, -0.25) is 0 Å². The maximum atomic E-state index is 3.60. The first kappa shape index (κ1) is 12.4. The minimum absolute atomic E-state index is 0.838. The van der Waals surface area contributed by atoms with E-state index in [1.807, 2.05) is 0 Å². The van der Waals surface area contributed by atoms with Crippen LogP contribution in [0.5, 0.6) is 0 Å². The number of piperidine rings is 1. The molecule has 0 saturated carbocycles. The highest BCUT2D eigenvalue weighted by molar-refractivity contribution is 4.78. The van der Waals surface area contributed by atoms with Crippen LogP contribution in [-0.4, -0.2) is 36.6 Å². The molecular weight excluding hydrogens is 196 g/mol. The van der Waals surface area contributed by atoms with Gasteiger partial charge in [0.2, 0.25) is 0 Å². The Kier molecular flexibility index (Phi) is 5.11. The van der Waals surface area contributed by atoms with Gasteiger partial charge in [-0.15, -0.1) is 0 Å². The van der Waals surface area contributed by atoms with E-state index in [1.54, 1.807) is 0 Å². The van der Waals surface area contributed by atoms with Gasteiger partial charge in [-0.1, -0.05) is 13.3 Å². The van der Waals surface area contributed by atoms with Crippen molar-refractivity contribution in [2.24, 2.45) is 0 Å². The van der Waals surface area contributed by atoms with Crippen molar-refractivity contribution in [1.82, 2.24) is 10.2 Å². The molecule has 2 nitrogen and oxygen atoms in total. The van der Waals surface area contributed by atoms with Crippen LogP contribution >= 0.6 is 0 Å². The van der Waals surface area contributed by atoms with E-state index < -0.39 is 0 Å². The normalized spacial score (nSPS) is 32.1. The predicted octanol–water partition coefficient (Wildman–Crippen LogP) is 2.78. The molecule has 0 aromatic carbocycles. The van der Waals surface area contributed by atoms with Gasteiger partial charge in [-0.05, 0) is 64.6 Å². The first-order valence-electron chi connectivity index (χ1n) is 7.37. The van der Waals surface area contributed by atoms with Crippen molar-refractivity contribution in [3.63, 3.8) is 0 Å². The van der Waals surface area contributed by atoms with Crippen LogP contribution in [0.2, 0.25) is 0 Å². The summed E-state index contributed by atoms with van der Waals surface area (Å²) >= 11 is 0. The van der Waals surface area contributed by atoms with Gasteiger partial charge >= 0.3 is 0 Å². The van der Waals surface area contributed by atoms with Crippen molar-refractivity contribution >= 4 is 0 Å². The van der Waals surface area contributed by atoms with Crippen LogP contribution in [0.4, 0.5) is 0 Å². The SMILES string of the molecule is CCC1CCCCN1CCCC1CCCN1. The van der Waals surface area contributed by atoms with Gasteiger partial charge in [0.25, 0.3) is 0 Å². The van der Waals surface area contributed by atoms with E-state index in [4.69, 9.17) is 0 Å². The molecular formula is C14H28N2. The standard InChI is InChI=1S/C14H28N2/c1-2-14-9-3-4-11-16(14)12-6-8-13-7-5-10-15-13/h13-15H,2-12H2,1H3. The van der Waals surface area contributed by atoms with Crippen molar-refractivity contribution in [2.75, 3.05) is 19.6 Å². The molecule has 0 radical (unpaired) electrons. The maximum Gasteiger partial charge on any atom is 0.00926 e. The Bertz CT molecular complexity index is 187. The summed E-state index contributed by atoms with van der Waals surface area (Å²) in [5.41, 5.74) is 0. The summed E-state index contributed by atoms with van der Waals surface area (Å²) in [6.45, 7) is 6.31. The highest BCUT2D eigenvalue weighted by atomic mass is 15.2. The molecule has 2 heteroatoms. The molecule has 2 saturated heterocycles. The van der Waals surface area contributed by atoms with Gasteiger partial charge < -0.3 is 10.2 Å². The average Bonchev–Trinajstić information content (AvgIpc) is 2.83. The molecule has 0 aliphatic carbocycles. The van der Waals surface area contributed by atoms with Crippen molar-refractivity contribution in [1.29, 1.82) is 0 Å². The second-order valence-electron chi connectivity index (χ2n) is 5.53. The number of rotatable bonds is 5. The van der Waals surface area contributed by atoms with E-state index in [-0.39, 0.29) is 0 Å². The van der Waals surface area contributed by atoms with Crippen LogP contribution < -0.4 is 5.32 Å². The van der Waals surface area contributed by atoms with E-state index in [0.717, 1.165) is 12.1 Å². The van der Waals surface area contributed by atoms with Crippen molar-refractivity contribution in [3.8, 4) is 0 Å². The van der Waals surface area contributed by atoms with E-state index in [0.29, 0.717) is 0 Å². The van der Waals surface area contributed by atoms with Crippen molar-refractivity contribution in [2.45, 2.75) is 70.4 Å². The second-order valence-corrected chi connectivity index (χ2v) is 5.53. The third-order valence-corrected chi connectivity index (χ3v) is 4.38. The molecule has 1 N–H and O–H groups in total. The Morgan fingerprint density at radius 3 is 2.88 bits per heavy atom. The highest BCUT2D eigenvalue weighted by Gasteiger charge is 2.20. The van der Waals surface area contributed by atoms with E-state index in [9.17, 15) is 0 Å². The topological polar surface area (TPSA) is 15.3 Å². The quantitative estimate of drug-likeness (QED) is 0.772. The largest absolute Gasteiger partial charge is 0.314 e. The summed E-state index contributed by atoms with van der Waals surface area (Å²) in [6.07, 6.45) is 11.3. The zero-order chi connectivity index (χ0) is 11.2. The van der Waals surface area contributed by atoms with Crippen LogP contribution in [0.15, 0.2) is 0 Å².